The molecule has 12 heteroatoms. The molecule has 11 nitrogen and oxygen atoms in total. The third-order valence-corrected chi connectivity index (χ3v) is 11.7. The van der Waals surface area contributed by atoms with E-state index in [4.69, 9.17) is 20.2 Å². The molecule has 0 radical (unpaired) electrons. The number of hydrogen-bond acceptors (Lipinski definition) is 9. The lowest BCUT2D eigenvalue weighted by Crippen LogP contribution is -2.57. The molecule has 0 saturated carbocycles. The molecule has 3 aromatic carbocycles. The van der Waals surface area contributed by atoms with Gasteiger partial charge in [0.1, 0.15) is 24.4 Å². The van der Waals surface area contributed by atoms with Crippen LogP contribution in [-0.2, 0) is 25.5 Å². The second-order valence-electron chi connectivity index (χ2n) is 16.5. The van der Waals surface area contributed by atoms with E-state index in [0.717, 1.165) is 64.1 Å². The summed E-state index contributed by atoms with van der Waals surface area (Å²) in [6, 6.07) is 25.3. The van der Waals surface area contributed by atoms with Gasteiger partial charge in [0.15, 0.2) is 0 Å². The summed E-state index contributed by atoms with van der Waals surface area (Å²) >= 11 is 1.63. The lowest BCUT2D eigenvalue weighted by atomic mass is 9.85. The summed E-state index contributed by atoms with van der Waals surface area (Å²) in [7, 11) is 4.05. The molecular weight excluding hydrogens is 749 g/mol. The van der Waals surface area contributed by atoms with Crippen molar-refractivity contribution in [3.63, 3.8) is 0 Å². The molecule has 1 aliphatic heterocycles. The van der Waals surface area contributed by atoms with Gasteiger partial charge in [-0.15, -0.1) is 11.3 Å². The fourth-order valence-corrected chi connectivity index (χ4v) is 8.19. The molecule has 306 valence electrons. The van der Waals surface area contributed by atoms with Gasteiger partial charge in [0.05, 0.1) is 33.9 Å². The fourth-order valence-electron chi connectivity index (χ4n) is 7.38. The van der Waals surface area contributed by atoms with Crippen LogP contribution in [0.5, 0.6) is 5.75 Å². The van der Waals surface area contributed by atoms with Gasteiger partial charge in [0.25, 0.3) is 0 Å². The summed E-state index contributed by atoms with van der Waals surface area (Å²) in [5, 5.41) is 3.90. The topological polar surface area (TPSA) is 140 Å². The molecule has 0 spiro atoms. The number of fused-ring (bicyclic) bond motifs is 1. The van der Waals surface area contributed by atoms with Crippen LogP contribution in [0.3, 0.4) is 0 Å². The maximum Gasteiger partial charge on any atom is 0.246 e. The summed E-state index contributed by atoms with van der Waals surface area (Å²) in [6.45, 7) is 8.82. The number of unbranched alkanes of at least 4 members (excludes halogenated alkanes) is 1. The summed E-state index contributed by atoms with van der Waals surface area (Å²) in [5.74, 6) is -0.330. The van der Waals surface area contributed by atoms with Crippen molar-refractivity contribution in [2.45, 2.75) is 71.9 Å². The Balaban J connectivity index is 0.926. The van der Waals surface area contributed by atoms with Crippen LogP contribution in [0.2, 0.25) is 0 Å². The molecule has 3 amide bonds. The van der Waals surface area contributed by atoms with Crippen molar-refractivity contribution in [2.75, 3.05) is 45.4 Å². The average Bonchev–Trinajstić information content (AvgIpc) is 3.84. The van der Waals surface area contributed by atoms with E-state index in [0.29, 0.717) is 32.6 Å². The number of nitrogens with zero attached hydrogens (tertiary/aromatic N) is 4. The predicted molar refractivity (Wildman–Crippen MR) is 232 cm³/mol. The number of amides is 3. The smallest absolute Gasteiger partial charge is 0.246 e. The van der Waals surface area contributed by atoms with Gasteiger partial charge in [-0.05, 0) is 97.9 Å². The van der Waals surface area contributed by atoms with E-state index >= 15 is 0 Å². The minimum atomic E-state index is -0.848. The van der Waals surface area contributed by atoms with E-state index in [1.54, 1.807) is 16.2 Å². The number of thiazole rings is 1. The molecule has 6 rings (SSSR count). The number of aromatic nitrogens is 2. The number of carbonyl (C=O) groups is 3. The van der Waals surface area contributed by atoms with Crippen LogP contribution in [0.1, 0.15) is 57.7 Å². The Kier molecular flexibility index (Phi) is 13.8. The predicted octanol–water partition coefficient (Wildman–Crippen LogP) is 7.44. The normalized spacial score (nSPS) is 16.0. The first-order chi connectivity index (χ1) is 27.8. The Hall–Kier alpha value is -5.33. The maximum absolute atomic E-state index is 14.0. The SMILES string of the molecule is Cc1ncsc1-c1ccc(CC[C@H]2C[C@@H](C(N)=O)N(C(=O)[C@@H](NC(=O)COCCCCOc3ccc4nc(-c5ccc(N(C)C)cc5)ccc4c3)C(C)(C)C)C2)cc1. The number of anilines is 1. The summed E-state index contributed by atoms with van der Waals surface area (Å²) < 4.78 is 11.7. The first-order valence-corrected chi connectivity index (χ1v) is 20.9. The Morgan fingerprint density at radius 1 is 0.966 bits per heavy atom. The van der Waals surface area contributed by atoms with Crippen LogP contribution < -0.4 is 20.7 Å². The van der Waals surface area contributed by atoms with Crippen molar-refractivity contribution in [1.82, 2.24) is 20.2 Å². The van der Waals surface area contributed by atoms with Crippen molar-refractivity contribution >= 4 is 45.6 Å². The van der Waals surface area contributed by atoms with Gasteiger partial charge in [0, 0.05) is 43.9 Å². The lowest BCUT2D eigenvalue weighted by molar-refractivity contribution is -0.144. The van der Waals surface area contributed by atoms with Gasteiger partial charge >= 0.3 is 0 Å². The van der Waals surface area contributed by atoms with Crippen molar-refractivity contribution in [3.05, 3.63) is 95.6 Å². The fraction of sp³-hybridized carbons (Fsp3) is 0.413. The van der Waals surface area contributed by atoms with Crippen LogP contribution in [0.4, 0.5) is 5.69 Å². The number of aryl methyl sites for hydroxylation is 2. The molecule has 1 saturated heterocycles. The number of ether oxygens (including phenoxy) is 2. The Morgan fingerprint density at radius 2 is 1.69 bits per heavy atom. The standard InChI is InChI=1S/C46H56N6O5S/c1-30-42(58-29-48-30)34-13-11-31(12-14-34)9-10-32-25-40(44(47)54)52(27-32)45(55)43(46(2,3)4)50-41(53)28-56-23-7-8-24-57-37-20-22-39-35(26-37)17-21-38(49-39)33-15-18-36(19-16-33)51(5)6/h11-22,26,29,32,40,43H,7-10,23-25,27-28H2,1-6H3,(H2,47,54)(H,50,53)/t32-,40-,43+/m0/s1. The molecule has 3 atom stereocenters. The highest BCUT2D eigenvalue weighted by Gasteiger charge is 2.44. The van der Waals surface area contributed by atoms with Gasteiger partial charge in [-0.3, -0.25) is 14.4 Å². The largest absolute Gasteiger partial charge is 0.494 e. The Bertz CT molecular complexity index is 2180. The quantitative estimate of drug-likeness (QED) is 0.0925. The molecule has 58 heavy (non-hydrogen) atoms. The Morgan fingerprint density at radius 3 is 2.36 bits per heavy atom. The molecule has 0 bridgehead atoms. The molecule has 0 unspecified atom stereocenters. The van der Waals surface area contributed by atoms with E-state index in [9.17, 15) is 14.4 Å². The number of pyridine rings is 1. The van der Waals surface area contributed by atoms with Crippen molar-refractivity contribution in [3.8, 4) is 27.4 Å². The zero-order valence-corrected chi connectivity index (χ0v) is 35.3. The van der Waals surface area contributed by atoms with E-state index in [2.05, 4.69) is 69.8 Å². The molecule has 0 aliphatic carbocycles. The summed E-state index contributed by atoms with van der Waals surface area (Å²) in [6.07, 6.45) is 3.57. The first kappa shape index (κ1) is 42.3. The minimum absolute atomic E-state index is 0.109. The zero-order chi connectivity index (χ0) is 41.4. The van der Waals surface area contributed by atoms with E-state index in [-0.39, 0.29) is 24.3 Å². The molecule has 1 fully saturated rings. The number of likely N-dealkylation sites (tertiary alicyclic amines) is 1. The van der Waals surface area contributed by atoms with Gasteiger partial charge in [0.2, 0.25) is 17.7 Å². The second kappa shape index (κ2) is 18.9. The van der Waals surface area contributed by atoms with Crippen LogP contribution in [0.25, 0.3) is 32.6 Å². The number of rotatable bonds is 17. The highest BCUT2D eigenvalue weighted by atomic mass is 32.1. The molecule has 5 aromatic rings. The van der Waals surface area contributed by atoms with Gasteiger partial charge in [-0.1, -0.05) is 63.2 Å². The molecule has 2 aromatic heterocycles. The van der Waals surface area contributed by atoms with Crippen LogP contribution >= 0.6 is 11.3 Å². The maximum atomic E-state index is 14.0. The van der Waals surface area contributed by atoms with E-state index in [1.807, 2.05) is 71.6 Å². The number of benzene rings is 3. The molecule has 3 heterocycles. The van der Waals surface area contributed by atoms with Crippen molar-refractivity contribution < 1.29 is 23.9 Å². The van der Waals surface area contributed by atoms with Crippen LogP contribution in [0, 0.1) is 18.3 Å². The lowest BCUT2D eigenvalue weighted by Gasteiger charge is -2.35. The minimum Gasteiger partial charge on any atom is -0.494 e. The van der Waals surface area contributed by atoms with E-state index in [1.165, 1.54) is 10.4 Å². The first-order valence-electron chi connectivity index (χ1n) is 20.0. The molecular formula is C46H56N6O5S. The Labute approximate surface area is 346 Å². The second-order valence-corrected chi connectivity index (χ2v) is 17.3. The van der Waals surface area contributed by atoms with Crippen LogP contribution in [0.15, 0.2) is 84.4 Å². The summed E-state index contributed by atoms with van der Waals surface area (Å²) in [5.41, 5.74) is 14.5. The average molecular weight is 805 g/mol. The third-order valence-electron chi connectivity index (χ3n) is 10.7. The highest BCUT2D eigenvalue weighted by Crippen LogP contribution is 2.32. The van der Waals surface area contributed by atoms with Gasteiger partial charge in [-0.2, -0.15) is 0 Å². The summed E-state index contributed by atoms with van der Waals surface area (Å²) in [4.78, 5) is 53.7. The molecule has 3 N–H and O–H groups in total. The van der Waals surface area contributed by atoms with Crippen molar-refractivity contribution in [2.24, 2.45) is 17.1 Å². The van der Waals surface area contributed by atoms with Gasteiger partial charge < -0.3 is 30.3 Å². The number of hydrogen-bond donors (Lipinski definition) is 2. The van der Waals surface area contributed by atoms with Gasteiger partial charge in [-0.25, -0.2) is 9.97 Å². The number of carbonyl (C=O) groups excluding carboxylic acids is 3. The molecule has 1 aliphatic rings. The number of nitrogens with two attached hydrogens (primary N) is 1. The highest BCUT2D eigenvalue weighted by molar-refractivity contribution is 7.13. The van der Waals surface area contributed by atoms with E-state index < -0.39 is 23.4 Å². The number of primary amides is 1. The third kappa shape index (κ3) is 10.8. The zero-order valence-electron chi connectivity index (χ0n) is 34.5. The monoisotopic (exact) mass is 804 g/mol. The number of nitrogens with one attached hydrogen (secondary N) is 1. The van der Waals surface area contributed by atoms with Crippen molar-refractivity contribution in [1.29, 1.82) is 0 Å². The van der Waals surface area contributed by atoms with Crippen LogP contribution in [-0.4, -0.2) is 85.1 Å².